The number of methoxy groups -OCH3 is 1. The Kier molecular flexibility index (Phi) is 7.20. The molecule has 0 radical (unpaired) electrons. The number of fused-ring (bicyclic) bond motifs is 2. The van der Waals surface area contributed by atoms with Crippen LogP contribution in [0, 0.1) is 0 Å². The van der Waals surface area contributed by atoms with Gasteiger partial charge in [-0.1, -0.05) is 60.7 Å². The summed E-state index contributed by atoms with van der Waals surface area (Å²) in [6.07, 6.45) is -2.68. The molecule has 1 spiro atoms. The number of carbonyl (C=O) groups excluding carboxylic acids is 2. The van der Waals surface area contributed by atoms with Crippen LogP contribution in [-0.4, -0.2) is 89.7 Å². The second kappa shape index (κ2) is 10.4. The van der Waals surface area contributed by atoms with Gasteiger partial charge in [-0.2, -0.15) is 0 Å². The first-order valence-corrected chi connectivity index (χ1v) is 14.1. The van der Waals surface area contributed by atoms with Crippen LogP contribution in [0.3, 0.4) is 0 Å². The van der Waals surface area contributed by atoms with E-state index in [0.717, 1.165) is 11.1 Å². The first-order chi connectivity index (χ1) is 19.5. The third-order valence-electron chi connectivity index (χ3n) is 8.36. The van der Waals surface area contributed by atoms with E-state index in [2.05, 4.69) is 4.90 Å². The number of carbonyl (C=O) groups is 2. The Labute approximate surface area is 240 Å². The number of ether oxygens (including phenoxy) is 6. The van der Waals surface area contributed by atoms with Crippen molar-refractivity contribution in [1.29, 1.82) is 0 Å². The molecule has 6 atom stereocenters. The Bertz CT molecular complexity index is 1230. The zero-order valence-corrected chi connectivity index (χ0v) is 24.1. The third kappa shape index (κ3) is 4.96. The van der Waals surface area contributed by atoms with Crippen LogP contribution in [0.4, 0.5) is 0 Å². The van der Waals surface area contributed by atoms with Crippen LogP contribution in [0.25, 0.3) is 0 Å². The summed E-state index contributed by atoms with van der Waals surface area (Å²) in [6, 6.07) is 19.3. The number of likely N-dealkylation sites (tertiary alicyclic amines) is 1. The van der Waals surface area contributed by atoms with E-state index in [-0.39, 0.29) is 19.1 Å². The van der Waals surface area contributed by atoms with E-state index in [0.29, 0.717) is 13.1 Å². The zero-order valence-electron chi connectivity index (χ0n) is 24.1. The summed E-state index contributed by atoms with van der Waals surface area (Å²) >= 11 is 0. The van der Waals surface area contributed by atoms with Crippen LogP contribution in [0.5, 0.6) is 0 Å². The molecule has 220 valence electrons. The number of amides is 1. The van der Waals surface area contributed by atoms with Crippen molar-refractivity contribution in [1.82, 2.24) is 9.80 Å². The van der Waals surface area contributed by atoms with Gasteiger partial charge in [0.2, 0.25) is 5.91 Å². The Morgan fingerprint density at radius 1 is 0.902 bits per heavy atom. The average Bonchev–Trinajstić information content (AvgIpc) is 3.56. The Morgan fingerprint density at radius 3 is 2.05 bits per heavy atom. The van der Waals surface area contributed by atoms with Gasteiger partial charge in [0.25, 0.3) is 0 Å². The summed E-state index contributed by atoms with van der Waals surface area (Å²) in [5, 5.41) is 0. The van der Waals surface area contributed by atoms with Gasteiger partial charge in [-0.3, -0.25) is 14.5 Å². The van der Waals surface area contributed by atoms with Gasteiger partial charge in [-0.05, 0) is 38.8 Å². The summed E-state index contributed by atoms with van der Waals surface area (Å²) < 4.78 is 36.7. The molecule has 0 unspecified atom stereocenters. The number of rotatable bonds is 8. The molecular weight excluding hydrogens is 528 g/mol. The van der Waals surface area contributed by atoms with E-state index >= 15 is 0 Å². The predicted octanol–water partition coefficient (Wildman–Crippen LogP) is 2.84. The number of benzene rings is 2. The maximum atomic E-state index is 14.3. The van der Waals surface area contributed by atoms with Crippen LogP contribution in [0.15, 0.2) is 60.7 Å². The van der Waals surface area contributed by atoms with Gasteiger partial charge < -0.3 is 33.3 Å². The summed E-state index contributed by atoms with van der Waals surface area (Å²) in [5.41, 5.74) is 0.979. The van der Waals surface area contributed by atoms with Gasteiger partial charge in [-0.15, -0.1) is 0 Å². The first kappa shape index (κ1) is 28.3. The fourth-order valence-electron chi connectivity index (χ4n) is 6.78. The van der Waals surface area contributed by atoms with Crippen LogP contribution in [0.1, 0.15) is 38.8 Å². The van der Waals surface area contributed by atoms with E-state index in [1.807, 2.05) is 88.4 Å². The van der Waals surface area contributed by atoms with Crippen molar-refractivity contribution in [3.05, 3.63) is 71.8 Å². The highest BCUT2D eigenvalue weighted by atomic mass is 16.8. The minimum absolute atomic E-state index is 0.206. The molecule has 4 aliphatic rings. The van der Waals surface area contributed by atoms with Gasteiger partial charge in [0.05, 0.1) is 13.7 Å². The van der Waals surface area contributed by atoms with E-state index in [9.17, 15) is 9.59 Å². The Morgan fingerprint density at radius 2 is 1.51 bits per heavy atom. The number of hydrogen-bond donors (Lipinski definition) is 0. The molecule has 4 heterocycles. The van der Waals surface area contributed by atoms with Gasteiger partial charge >= 0.3 is 5.97 Å². The zero-order chi connectivity index (χ0) is 29.0. The summed E-state index contributed by atoms with van der Waals surface area (Å²) in [4.78, 5) is 30.7. The molecule has 1 amide bonds. The average molecular weight is 567 g/mol. The molecule has 0 aliphatic carbocycles. The molecule has 10 nitrogen and oxygen atoms in total. The molecule has 10 heteroatoms. The maximum absolute atomic E-state index is 14.3. The third-order valence-corrected chi connectivity index (χ3v) is 8.36. The van der Waals surface area contributed by atoms with Crippen molar-refractivity contribution in [2.75, 3.05) is 20.3 Å². The summed E-state index contributed by atoms with van der Waals surface area (Å²) in [7, 11) is 1.31. The standard InChI is InChI=1S/C31H38N2O8/c1-29(2)37-19-22(39-29)25-31(26-28(38-25)41-30(3,4)40-26)24(27(35)33(31)18-23(34)36-5)32(16-20-12-8-6-9-13-20)17-21-14-10-7-11-15-21/h6-15,22,24-26,28H,16-19H2,1-5H3/t22-,24-,25-,26+,28-,31-/m1/s1. The Balaban J connectivity index is 1.47. The fraction of sp³-hybridized carbons (Fsp3) is 0.548. The number of hydrogen-bond acceptors (Lipinski definition) is 9. The molecule has 0 N–H and O–H groups in total. The summed E-state index contributed by atoms with van der Waals surface area (Å²) in [5.74, 6) is -2.53. The van der Waals surface area contributed by atoms with Crippen molar-refractivity contribution < 1.29 is 38.0 Å². The second-order valence-corrected chi connectivity index (χ2v) is 12.0. The van der Waals surface area contributed by atoms with Gasteiger partial charge in [-0.25, -0.2) is 0 Å². The van der Waals surface area contributed by atoms with Crippen LogP contribution >= 0.6 is 0 Å². The first-order valence-electron chi connectivity index (χ1n) is 14.1. The van der Waals surface area contributed by atoms with E-state index in [4.69, 9.17) is 28.4 Å². The molecule has 4 aliphatic heterocycles. The monoisotopic (exact) mass is 566 g/mol. The van der Waals surface area contributed by atoms with Crippen molar-refractivity contribution in [2.45, 2.75) is 88.5 Å². The molecule has 0 saturated carbocycles. The van der Waals surface area contributed by atoms with Crippen molar-refractivity contribution in [3.63, 3.8) is 0 Å². The lowest BCUT2D eigenvalue weighted by Gasteiger charge is -2.62. The smallest absolute Gasteiger partial charge is 0.325 e. The van der Waals surface area contributed by atoms with Crippen LogP contribution in [-0.2, 0) is 51.1 Å². The van der Waals surface area contributed by atoms with E-state index in [1.54, 1.807) is 4.90 Å². The van der Waals surface area contributed by atoms with Crippen molar-refractivity contribution in [3.8, 4) is 0 Å². The van der Waals surface area contributed by atoms with Crippen LogP contribution < -0.4 is 0 Å². The Hall–Kier alpha value is -2.86. The fourth-order valence-corrected chi connectivity index (χ4v) is 6.78. The summed E-state index contributed by atoms with van der Waals surface area (Å²) in [6.45, 7) is 8.32. The largest absolute Gasteiger partial charge is 0.468 e. The lowest BCUT2D eigenvalue weighted by Crippen LogP contribution is -2.86. The lowest BCUT2D eigenvalue weighted by molar-refractivity contribution is -0.259. The van der Waals surface area contributed by atoms with Crippen LogP contribution in [0.2, 0.25) is 0 Å². The normalized spacial score (nSPS) is 33.3. The minimum atomic E-state index is -1.12. The van der Waals surface area contributed by atoms with E-state index < -0.39 is 53.7 Å². The highest BCUT2D eigenvalue weighted by molar-refractivity contribution is 5.95. The van der Waals surface area contributed by atoms with Crippen molar-refractivity contribution >= 4 is 11.9 Å². The highest BCUT2D eigenvalue weighted by Crippen LogP contribution is 2.56. The molecule has 2 aromatic rings. The molecule has 6 rings (SSSR count). The number of esters is 1. The molecule has 41 heavy (non-hydrogen) atoms. The second-order valence-electron chi connectivity index (χ2n) is 12.0. The van der Waals surface area contributed by atoms with Gasteiger partial charge in [0.15, 0.2) is 17.9 Å². The molecule has 4 saturated heterocycles. The predicted molar refractivity (Wildman–Crippen MR) is 146 cm³/mol. The number of nitrogens with zero attached hydrogens (tertiary/aromatic N) is 2. The maximum Gasteiger partial charge on any atom is 0.325 e. The minimum Gasteiger partial charge on any atom is -0.468 e. The SMILES string of the molecule is COC(=O)CN1C(=O)[C@@H](N(Cc2ccccc2)Cc2ccccc2)[C@]12[C@@H]([C@H]1COC(C)(C)O1)O[C@@H]1OC(C)(C)O[C@@H]12. The quantitative estimate of drug-likeness (QED) is 0.353. The molecule has 2 aromatic carbocycles. The topological polar surface area (TPSA) is 96.0 Å². The number of β-lactam (4-membered cyclic amide) rings is 1. The lowest BCUT2D eigenvalue weighted by atomic mass is 9.68. The van der Waals surface area contributed by atoms with Gasteiger partial charge in [0, 0.05) is 13.1 Å². The molecular formula is C31H38N2O8. The highest BCUT2D eigenvalue weighted by Gasteiger charge is 2.79. The molecule has 4 fully saturated rings. The molecule has 0 bridgehead atoms. The van der Waals surface area contributed by atoms with Crippen molar-refractivity contribution in [2.24, 2.45) is 0 Å². The van der Waals surface area contributed by atoms with E-state index in [1.165, 1.54) is 7.11 Å². The van der Waals surface area contributed by atoms with Gasteiger partial charge in [0.1, 0.15) is 36.4 Å². The molecule has 0 aromatic heterocycles.